The van der Waals surface area contributed by atoms with Crippen LogP contribution in [-0.2, 0) is 11.3 Å². The molecule has 138 valence electrons. The van der Waals surface area contributed by atoms with E-state index in [4.69, 9.17) is 43.0 Å². The average Bonchev–Trinajstić information content (AvgIpc) is 2.99. The topological polar surface area (TPSA) is 122 Å². The number of methoxy groups -OCH3 is 1. The van der Waals surface area contributed by atoms with Crippen molar-refractivity contribution in [3.63, 3.8) is 0 Å². The summed E-state index contributed by atoms with van der Waals surface area (Å²) in [4.78, 5) is 0. The second-order valence-electron chi connectivity index (χ2n) is 5.97. The average molecular weight is 383 g/mol. The molecule has 1 heterocycles. The number of nitrogen functional groups attached to an aromatic ring is 2. The zero-order valence-electron chi connectivity index (χ0n) is 14.7. The van der Waals surface area contributed by atoms with E-state index in [0.717, 1.165) is 16.7 Å². The summed E-state index contributed by atoms with van der Waals surface area (Å²) in [6.07, 6.45) is 0. The minimum absolute atomic E-state index is 0.00147. The molecule has 0 saturated carbocycles. The highest BCUT2D eigenvalue weighted by atomic mass is 35.5. The van der Waals surface area contributed by atoms with Crippen LogP contribution < -0.4 is 11.5 Å². The monoisotopic (exact) mass is 382 g/mol. The predicted molar refractivity (Wildman–Crippen MR) is 107 cm³/mol. The summed E-state index contributed by atoms with van der Waals surface area (Å²) in [5.41, 5.74) is 14.6. The Bertz CT molecular complexity index is 992. The first-order valence-electron chi connectivity index (χ1n) is 8.12. The quantitative estimate of drug-likeness (QED) is 0.380. The Morgan fingerprint density at radius 2 is 1.33 bits per heavy atom. The van der Waals surface area contributed by atoms with Gasteiger partial charge in [-0.25, -0.2) is 0 Å². The van der Waals surface area contributed by atoms with Crippen molar-refractivity contribution in [2.45, 2.75) is 6.61 Å². The first-order chi connectivity index (χ1) is 12.9. The second kappa shape index (κ2) is 7.65. The van der Waals surface area contributed by atoms with Crippen molar-refractivity contribution in [3.05, 3.63) is 70.2 Å². The lowest BCUT2D eigenvalue weighted by Crippen LogP contribution is -2.10. The smallest absolute Gasteiger partial charge is 0.153 e. The molecule has 0 unspecified atom stereocenters. The van der Waals surface area contributed by atoms with Crippen LogP contribution in [0.1, 0.15) is 16.7 Å². The minimum Gasteiger partial charge on any atom is -0.454 e. The molecular formula is C20H19ClN4O2. The van der Waals surface area contributed by atoms with Crippen molar-refractivity contribution < 1.29 is 9.15 Å². The van der Waals surface area contributed by atoms with Gasteiger partial charge in [-0.05, 0) is 0 Å². The van der Waals surface area contributed by atoms with Crippen LogP contribution in [0, 0.1) is 10.8 Å². The first kappa shape index (κ1) is 18.7. The Hall–Kier alpha value is -3.09. The lowest BCUT2D eigenvalue weighted by atomic mass is 10.1. The van der Waals surface area contributed by atoms with Gasteiger partial charge in [-0.1, -0.05) is 60.1 Å². The Labute approximate surface area is 161 Å². The number of hydrogen-bond donors (Lipinski definition) is 4. The van der Waals surface area contributed by atoms with E-state index in [2.05, 4.69) is 0 Å². The number of benzene rings is 2. The number of ether oxygens (including phenoxy) is 1. The molecule has 3 rings (SSSR count). The Kier molecular flexibility index (Phi) is 5.30. The molecule has 0 aliphatic rings. The van der Waals surface area contributed by atoms with Crippen LogP contribution in [-0.4, -0.2) is 18.8 Å². The highest BCUT2D eigenvalue weighted by Gasteiger charge is 2.21. The fourth-order valence-electron chi connectivity index (χ4n) is 2.74. The van der Waals surface area contributed by atoms with E-state index in [1.165, 1.54) is 0 Å². The van der Waals surface area contributed by atoms with Gasteiger partial charge in [-0.3, -0.25) is 10.8 Å². The molecule has 6 nitrogen and oxygen atoms in total. The van der Waals surface area contributed by atoms with E-state index in [1.54, 1.807) is 43.5 Å². The van der Waals surface area contributed by atoms with Gasteiger partial charge >= 0.3 is 0 Å². The normalized spacial score (nSPS) is 10.7. The number of amidine groups is 2. The third-order valence-electron chi connectivity index (χ3n) is 4.15. The van der Waals surface area contributed by atoms with Gasteiger partial charge < -0.3 is 20.6 Å². The molecule has 0 aliphatic heterocycles. The predicted octanol–water partition coefficient (Wildman–Crippen LogP) is 3.98. The highest BCUT2D eigenvalue weighted by Crippen LogP contribution is 2.41. The summed E-state index contributed by atoms with van der Waals surface area (Å²) in [5, 5.41) is 15.5. The van der Waals surface area contributed by atoms with Crippen molar-refractivity contribution in [3.8, 4) is 22.6 Å². The minimum atomic E-state index is -0.00147. The van der Waals surface area contributed by atoms with Gasteiger partial charge in [-0.15, -0.1) is 0 Å². The fourth-order valence-corrected chi connectivity index (χ4v) is 3.03. The first-order valence-corrected chi connectivity index (χ1v) is 8.50. The number of halogens is 1. The van der Waals surface area contributed by atoms with Gasteiger partial charge in [0.2, 0.25) is 0 Å². The van der Waals surface area contributed by atoms with Gasteiger partial charge in [0.15, 0.2) is 5.76 Å². The molecule has 0 spiro atoms. The number of nitrogens with one attached hydrogen (secondary N) is 2. The molecule has 1 aromatic heterocycles. The lowest BCUT2D eigenvalue weighted by molar-refractivity contribution is 0.185. The molecule has 2 aromatic carbocycles. The molecule has 0 radical (unpaired) electrons. The van der Waals surface area contributed by atoms with E-state index in [0.29, 0.717) is 27.7 Å². The van der Waals surface area contributed by atoms with Crippen molar-refractivity contribution in [2.75, 3.05) is 7.11 Å². The van der Waals surface area contributed by atoms with Crippen molar-refractivity contribution in [1.82, 2.24) is 0 Å². The molecule has 0 fully saturated rings. The molecular weight excluding hydrogens is 364 g/mol. The summed E-state index contributed by atoms with van der Waals surface area (Å²) < 4.78 is 11.4. The van der Waals surface area contributed by atoms with Gasteiger partial charge in [0, 0.05) is 34.9 Å². The van der Waals surface area contributed by atoms with E-state index in [1.807, 2.05) is 12.1 Å². The maximum absolute atomic E-state index is 7.51. The Balaban J connectivity index is 2.08. The van der Waals surface area contributed by atoms with Gasteiger partial charge in [0.1, 0.15) is 17.4 Å². The summed E-state index contributed by atoms with van der Waals surface area (Å²) >= 11 is 6.58. The number of furan rings is 1. The molecule has 0 bridgehead atoms. The largest absolute Gasteiger partial charge is 0.454 e. The van der Waals surface area contributed by atoms with E-state index >= 15 is 0 Å². The van der Waals surface area contributed by atoms with Crippen molar-refractivity contribution in [1.29, 1.82) is 10.8 Å². The maximum Gasteiger partial charge on any atom is 0.153 e. The van der Waals surface area contributed by atoms with Crippen LogP contribution in [0.15, 0.2) is 52.9 Å². The molecule has 6 N–H and O–H groups in total. The van der Waals surface area contributed by atoms with Gasteiger partial charge in [0.05, 0.1) is 11.6 Å². The summed E-state index contributed by atoms with van der Waals surface area (Å²) in [7, 11) is 1.59. The van der Waals surface area contributed by atoms with E-state index in [-0.39, 0.29) is 18.3 Å². The molecule has 7 heteroatoms. The number of hydrogen-bond acceptors (Lipinski definition) is 4. The summed E-state index contributed by atoms with van der Waals surface area (Å²) in [5.74, 6) is 1.12. The van der Waals surface area contributed by atoms with Gasteiger partial charge in [-0.2, -0.15) is 0 Å². The maximum atomic E-state index is 7.51. The van der Waals surface area contributed by atoms with Crippen LogP contribution in [0.4, 0.5) is 0 Å². The van der Waals surface area contributed by atoms with Gasteiger partial charge in [0.25, 0.3) is 0 Å². The SMILES string of the molecule is COCc1c(-c2ccc(C(=N)N)cc2)oc(-c2ccc(C(=N)N)cc2)c1Cl. The van der Waals surface area contributed by atoms with Crippen LogP contribution in [0.2, 0.25) is 5.02 Å². The summed E-state index contributed by atoms with van der Waals surface area (Å²) in [6.45, 7) is 0.289. The zero-order chi connectivity index (χ0) is 19.6. The van der Waals surface area contributed by atoms with E-state index < -0.39 is 0 Å². The molecule has 3 aromatic rings. The zero-order valence-corrected chi connectivity index (χ0v) is 15.4. The van der Waals surface area contributed by atoms with Crippen molar-refractivity contribution >= 4 is 23.3 Å². The number of rotatable bonds is 6. The molecule has 0 saturated heterocycles. The third-order valence-corrected chi connectivity index (χ3v) is 4.55. The van der Waals surface area contributed by atoms with Crippen LogP contribution in [0.25, 0.3) is 22.6 Å². The van der Waals surface area contributed by atoms with E-state index in [9.17, 15) is 0 Å². The lowest BCUT2D eigenvalue weighted by Gasteiger charge is -2.04. The van der Waals surface area contributed by atoms with Crippen molar-refractivity contribution in [2.24, 2.45) is 11.5 Å². The third kappa shape index (κ3) is 3.72. The Morgan fingerprint density at radius 1 is 0.889 bits per heavy atom. The van der Waals surface area contributed by atoms with Crippen LogP contribution >= 0.6 is 11.6 Å². The molecule has 0 aliphatic carbocycles. The summed E-state index contributed by atoms with van der Waals surface area (Å²) in [6, 6.07) is 14.3. The number of nitrogens with two attached hydrogens (primary N) is 2. The Morgan fingerprint density at radius 3 is 1.74 bits per heavy atom. The molecule has 0 amide bonds. The molecule has 27 heavy (non-hydrogen) atoms. The fraction of sp³-hybridized carbons (Fsp3) is 0.100. The highest BCUT2D eigenvalue weighted by molar-refractivity contribution is 6.34. The molecule has 0 atom stereocenters. The van der Waals surface area contributed by atoms with Crippen LogP contribution in [0.3, 0.4) is 0 Å². The second-order valence-corrected chi connectivity index (χ2v) is 6.35. The van der Waals surface area contributed by atoms with Crippen LogP contribution in [0.5, 0.6) is 0 Å². The standard InChI is InChI=1S/C20H19ClN4O2/c1-26-10-15-16(21)18(12-4-8-14(9-5-12)20(24)25)27-17(15)11-2-6-13(7-3-11)19(22)23/h2-9H,10H2,1H3,(H3,22,23)(H3,24,25).